The molecule has 0 unspecified atom stereocenters. The zero-order chi connectivity index (χ0) is 21.7. The largest absolute Gasteiger partial charge is 0.417 e. The summed E-state index contributed by atoms with van der Waals surface area (Å²) in [4.78, 5) is -0.822. The molecule has 4 rings (SSSR count). The minimum absolute atomic E-state index is 0.00310. The number of anilines is 2. The Balaban J connectivity index is 1.93. The smallest absolute Gasteiger partial charge is 0.382 e. The van der Waals surface area contributed by atoms with Crippen molar-refractivity contribution in [1.29, 1.82) is 0 Å². The lowest BCUT2D eigenvalue weighted by Crippen LogP contribution is -2.40. The Morgan fingerprint density at radius 2 is 1.90 bits per heavy atom. The van der Waals surface area contributed by atoms with Gasteiger partial charge in [-0.3, -0.25) is 4.31 Å². The van der Waals surface area contributed by atoms with E-state index in [0.717, 1.165) is 16.4 Å². The Labute approximate surface area is 171 Å². The van der Waals surface area contributed by atoms with Crippen LogP contribution in [-0.2, 0) is 16.2 Å². The highest BCUT2D eigenvalue weighted by atomic mass is 32.2. The third kappa shape index (κ3) is 3.41. The molecule has 6 nitrogen and oxygen atoms in total. The first-order valence-corrected chi connectivity index (χ1v) is 10.5. The first-order valence-electron chi connectivity index (χ1n) is 9.10. The van der Waals surface area contributed by atoms with Crippen molar-refractivity contribution in [2.45, 2.75) is 24.9 Å². The SMILES string of the molecule is Cc1cc(-c2ccc(C(F)(F)F)c(S(=O)(=O)N3CCNc4cccc(C)c43)c2)on1. The number of sulfonamides is 1. The highest BCUT2D eigenvalue weighted by Crippen LogP contribution is 2.41. The van der Waals surface area contributed by atoms with Gasteiger partial charge in [0.1, 0.15) is 4.90 Å². The lowest BCUT2D eigenvalue weighted by molar-refractivity contribution is -0.139. The molecular weight excluding hydrogens is 419 g/mol. The number of halogens is 3. The van der Waals surface area contributed by atoms with Crippen LogP contribution in [-0.4, -0.2) is 26.7 Å². The molecule has 158 valence electrons. The molecule has 10 heteroatoms. The van der Waals surface area contributed by atoms with Crippen LogP contribution in [0.25, 0.3) is 11.3 Å². The summed E-state index contributed by atoms with van der Waals surface area (Å²) in [5.74, 6) is 0.189. The van der Waals surface area contributed by atoms with Crippen molar-refractivity contribution >= 4 is 21.4 Å². The highest BCUT2D eigenvalue weighted by Gasteiger charge is 2.40. The van der Waals surface area contributed by atoms with E-state index in [9.17, 15) is 21.6 Å². The van der Waals surface area contributed by atoms with Gasteiger partial charge in [-0.15, -0.1) is 0 Å². The van der Waals surface area contributed by atoms with Gasteiger partial charge in [-0.1, -0.05) is 23.4 Å². The minimum atomic E-state index is -4.85. The molecule has 0 spiro atoms. The predicted octanol–water partition coefficient (Wildman–Crippen LogP) is 4.60. The van der Waals surface area contributed by atoms with E-state index in [1.807, 2.05) is 0 Å². The molecule has 0 saturated carbocycles. The summed E-state index contributed by atoms with van der Waals surface area (Å²) in [5.41, 5.74) is 1.04. The molecule has 0 fully saturated rings. The van der Waals surface area contributed by atoms with Crippen LogP contribution in [0.5, 0.6) is 0 Å². The Morgan fingerprint density at radius 3 is 2.57 bits per heavy atom. The van der Waals surface area contributed by atoms with E-state index in [4.69, 9.17) is 4.52 Å². The van der Waals surface area contributed by atoms with Crippen LogP contribution < -0.4 is 9.62 Å². The van der Waals surface area contributed by atoms with E-state index >= 15 is 0 Å². The van der Waals surface area contributed by atoms with Gasteiger partial charge in [0.15, 0.2) is 5.76 Å². The number of aromatic nitrogens is 1. The summed E-state index contributed by atoms with van der Waals surface area (Å²) in [5, 5.41) is 6.81. The van der Waals surface area contributed by atoms with Crippen LogP contribution in [0, 0.1) is 13.8 Å². The fraction of sp³-hybridized carbons (Fsp3) is 0.250. The number of hydrogen-bond donors (Lipinski definition) is 1. The number of alkyl halides is 3. The molecule has 1 N–H and O–H groups in total. The van der Waals surface area contributed by atoms with Crippen molar-refractivity contribution in [3.8, 4) is 11.3 Å². The molecule has 0 aliphatic carbocycles. The zero-order valence-electron chi connectivity index (χ0n) is 16.1. The molecule has 1 aromatic heterocycles. The molecule has 0 atom stereocenters. The average molecular weight is 437 g/mol. The Morgan fingerprint density at radius 1 is 1.13 bits per heavy atom. The normalized spacial score (nSPS) is 14.4. The van der Waals surface area contributed by atoms with E-state index in [1.165, 1.54) is 12.1 Å². The molecule has 0 radical (unpaired) electrons. The third-order valence-electron chi connectivity index (χ3n) is 4.89. The van der Waals surface area contributed by atoms with Crippen molar-refractivity contribution in [3.63, 3.8) is 0 Å². The molecule has 30 heavy (non-hydrogen) atoms. The number of para-hydroxylation sites is 1. The molecule has 1 aliphatic rings. The summed E-state index contributed by atoms with van der Waals surface area (Å²) >= 11 is 0. The van der Waals surface area contributed by atoms with Gasteiger partial charge >= 0.3 is 6.18 Å². The van der Waals surface area contributed by atoms with Crippen LogP contribution in [0.2, 0.25) is 0 Å². The minimum Gasteiger partial charge on any atom is -0.382 e. The Kier molecular flexibility index (Phi) is 4.76. The standard InChI is InChI=1S/C20H18F3N3O3S/c1-12-4-3-5-16-19(12)26(9-8-24-16)30(27,28)18-11-14(17-10-13(2)25-29-17)6-7-15(18)20(21,22)23/h3-7,10-11,24H,8-9H2,1-2H3. The van der Waals surface area contributed by atoms with E-state index in [-0.39, 0.29) is 24.4 Å². The maximum Gasteiger partial charge on any atom is 0.417 e. The van der Waals surface area contributed by atoms with Gasteiger partial charge in [0, 0.05) is 18.2 Å². The van der Waals surface area contributed by atoms with Crippen molar-refractivity contribution in [2.24, 2.45) is 0 Å². The first kappa shape index (κ1) is 20.3. The topological polar surface area (TPSA) is 75.4 Å². The Bertz CT molecular complexity index is 1220. The second kappa shape index (κ2) is 7.05. The lowest BCUT2D eigenvalue weighted by Gasteiger charge is -2.33. The lowest BCUT2D eigenvalue weighted by atomic mass is 10.1. The number of benzene rings is 2. The van der Waals surface area contributed by atoms with Gasteiger partial charge in [-0.25, -0.2) is 8.42 Å². The van der Waals surface area contributed by atoms with Crippen LogP contribution in [0.4, 0.5) is 24.5 Å². The highest BCUT2D eigenvalue weighted by molar-refractivity contribution is 7.93. The van der Waals surface area contributed by atoms with Crippen LogP contribution in [0.1, 0.15) is 16.8 Å². The number of aryl methyl sites for hydroxylation is 2. The van der Waals surface area contributed by atoms with Crippen LogP contribution in [0.3, 0.4) is 0 Å². The van der Waals surface area contributed by atoms with Crippen LogP contribution >= 0.6 is 0 Å². The fourth-order valence-electron chi connectivity index (χ4n) is 3.52. The van der Waals surface area contributed by atoms with E-state index in [1.54, 1.807) is 32.0 Å². The summed E-state index contributed by atoms with van der Waals surface area (Å²) in [6.45, 7) is 3.66. The van der Waals surface area contributed by atoms with Crippen LogP contribution in [0.15, 0.2) is 51.9 Å². The van der Waals surface area contributed by atoms with Gasteiger partial charge in [-0.2, -0.15) is 13.2 Å². The average Bonchev–Trinajstić information content (AvgIpc) is 3.13. The monoisotopic (exact) mass is 437 g/mol. The molecule has 3 aromatic rings. The fourth-order valence-corrected chi connectivity index (χ4v) is 5.31. The van der Waals surface area contributed by atoms with Gasteiger partial charge < -0.3 is 9.84 Å². The molecule has 0 saturated heterocycles. The summed E-state index contributed by atoms with van der Waals surface area (Å²) < 4.78 is 74.4. The van der Waals surface area contributed by atoms with Crippen molar-refractivity contribution in [2.75, 3.05) is 22.7 Å². The summed E-state index contributed by atoms with van der Waals surface area (Å²) in [6, 6.07) is 9.64. The summed E-state index contributed by atoms with van der Waals surface area (Å²) in [7, 11) is -4.52. The summed E-state index contributed by atoms with van der Waals surface area (Å²) in [6.07, 6.45) is -4.85. The first-order chi connectivity index (χ1) is 14.1. The molecule has 1 aliphatic heterocycles. The molecule has 2 aromatic carbocycles. The number of rotatable bonds is 3. The quantitative estimate of drug-likeness (QED) is 0.648. The van der Waals surface area contributed by atoms with E-state index < -0.39 is 26.7 Å². The van der Waals surface area contributed by atoms with E-state index in [0.29, 0.717) is 22.6 Å². The second-order valence-corrected chi connectivity index (χ2v) is 8.85. The van der Waals surface area contributed by atoms with Gasteiger partial charge in [0.05, 0.1) is 29.2 Å². The molecule has 2 heterocycles. The Hall–Kier alpha value is -3.01. The molecule has 0 bridgehead atoms. The molecule has 0 amide bonds. The van der Waals surface area contributed by atoms with Crippen molar-refractivity contribution in [3.05, 3.63) is 59.3 Å². The number of nitrogens with zero attached hydrogens (tertiary/aromatic N) is 2. The van der Waals surface area contributed by atoms with Gasteiger partial charge in [-0.05, 0) is 37.6 Å². The number of fused-ring (bicyclic) bond motifs is 1. The predicted molar refractivity (Wildman–Crippen MR) is 106 cm³/mol. The maximum atomic E-state index is 13.7. The molecular formula is C20H18F3N3O3S. The van der Waals surface area contributed by atoms with E-state index in [2.05, 4.69) is 10.5 Å². The number of nitrogens with one attached hydrogen (secondary N) is 1. The zero-order valence-corrected chi connectivity index (χ0v) is 16.9. The maximum absolute atomic E-state index is 13.7. The van der Waals surface area contributed by atoms with Gasteiger partial charge in [0.2, 0.25) is 0 Å². The van der Waals surface area contributed by atoms with Crippen molar-refractivity contribution in [1.82, 2.24) is 5.16 Å². The number of hydrogen-bond acceptors (Lipinski definition) is 5. The third-order valence-corrected chi connectivity index (χ3v) is 6.72. The van der Waals surface area contributed by atoms with Gasteiger partial charge in [0.25, 0.3) is 10.0 Å². The van der Waals surface area contributed by atoms with Crippen molar-refractivity contribution < 1.29 is 26.1 Å². The second-order valence-electron chi connectivity index (χ2n) is 7.02.